The van der Waals surface area contributed by atoms with Crippen LogP contribution in [0.2, 0.25) is 0 Å². The molecule has 2 aromatic heterocycles. The van der Waals surface area contributed by atoms with Gasteiger partial charge in [-0.2, -0.15) is 4.98 Å². The monoisotopic (exact) mass is 449 g/mol. The van der Waals surface area contributed by atoms with Crippen molar-refractivity contribution < 1.29 is 8.42 Å². The first kappa shape index (κ1) is 21.8. The number of hydrogen-bond donors (Lipinski definition) is 2. The van der Waals surface area contributed by atoms with Crippen molar-refractivity contribution in [3.63, 3.8) is 0 Å². The van der Waals surface area contributed by atoms with Gasteiger partial charge < -0.3 is 11.1 Å². The van der Waals surface area contributed by atoms with E-state index >= 15 is 0 Å². The lowest BCUT2D eigenvalue weighted by Crippen LogP contribution is -2.20. The number of para-hydroxylation sites is 1. The molecule has 0 spiro atoms. The van der Waals surface area contributed by atoms with Gasteiger partial charge in [0.1, 0.15) is 5.82 Å². The second kappa shape index (κ2) is 7.94. The lowest BCUT2D eigenvalue weighted by atomic mass is 9.97. The number of hydrogen-bond acceptors (Lipinski definition) is 6. The van der Waals surface area contributed by atoms with Crippen LogP contribution >= 0.6 is 0 Å². The van der Waals surface area contributed by atoms with Crippen LogP contribution < -0.4 is 11.1 Å². The Labute approximate surface area is 188 Å². The van der Waals surface area contributed by atoms with Crippen LogP contribution in [0.15, 0.2) is 65.7 Å². The van der Waals surface area contributed by atoms with Crippen LogP contribution in [0.5, 0.6) is 0 Å². The number of anilines is 2. The molecule has 0 fully saturated rings. The maximum Gasteiger partial charge on any atom is 0.268 e. The van der Waals surface area contributed by atoms with Gasteiger partial charge in [0, 0.05) is 29.8 Å². The Balaban J connectivity index is 1.86. The van der Waals surface area contributed by atoms with Crippen molar-refractivity contribution in [2.45, 2.75) is 32.6 Å². The molecule has 4 aromatic rings. The van der Waals surface area contributed by atoms with Crippen LogP contribution in [-0.4, -0.2) is 28.9 Å². The molecule has 0 saturated carbocycles. The van der Waals surface area contributed by atoms with E-state index in [1.54, 1.807) is 42.6 Å². The minimum Gasteiger partial charge on any atom is -0.369 e. The number of rotatable bonds is 5. The van der Waals surface area contributed by atoms with E-state index in [2.05, 4.69) is 36.1 Å². The first-order valence-electron chi connectivity index (χ1n) is 10.4. The van der Waals surface area contributed by atoms with Crippen molar-refractivity contribution in [1.29, 1.82) is 0 Å². The zero-order chi connectivity index (χ0) is 23.1. The van der Waals surface area contributed by atoms with E-state index in [0.717, 1.165) is 10.9 Å². The van der Waals surface area contributed by atoms with Crippen molar-refractivity contribution >= 4 is 32.7 Å². The number of nitrogen functional groups attached to an aromatic ring is 1. The molecule has 0 aliphatic heterocycles. The van der Waals surface area contributed by atoms with Gasteiger partial charge in [0.2, 0.25) is 5.95 Å². The number of benzene rings is 2. The number of aromatic nitrogens is 3. The molecule has 2 aromatic carbocycles. The normalized spacial score (nSPS) is 12.2. The second-order valence-corrected chi connectivity index (χ2v) is 10.9. The highest BCUT2D eigenvalue weighted by Crippen LogP contribution is 2.33. The topological polar surface area (TPSA) is 103 Å². The third-order valence-electron chi connectivity index (χ3n) is 5.08. The van der Waals surface area contributed by atoms with Crippen molar-refractivity contribution in [3.05, 3.63) is 66.4 Å². The maximum absolute atomic E-state index is 13.4. The first-order valence-corrected chi connectivity index (χ1v) is 11.8. The molecule has 3 N–H and O–H groups in total. The van der Waals surface area contributed by atoms with Crippen LogP contribution in [-0.2, 0) is 10.0 Å². The third-order valence-corrected chi connectivity index (χ3v) is 6.76. The van der Waals surface area contributed by atoms with Gasteiger partial charge >= 0.3 is 0 Å². The standard InChI is InChI=1S/C24H27N5O2S/c1-16-9-11-17(12-10-16)32(30,31)29-14-19(18-7-5-6-8-21(18)29)20-13-22(28-23(25)27-20)26-15-24(2,3)4/h5-14H,15H2,1-4H3,(H3,25,26,27,28). The van der Waals surface area contributed by atoms with E-state index < -0.39 is 10.0 Å². The number of nitrogens with one attached hydrogen (secondary N) is 1. The summed E-state index contributed by atoms with van der Waals surface area (Å²) in [7, 11) is -3.79. The van der Waals surface area contributed by atoms with Crippen molar-refractivity contribution in [3.8, 4) is 11.3 Å². The summed E-state index contributed by atoms with van der Waals surface area (Å²) in [5.41, 5.74) is 8.84. The zero-order valence-electron chi connectivity index (χ0n) is 18.6. The van der Waals surface area contributed by atoms with Crippen LogP contribution in [0.4, 0.5) is 11.8 Å². The van der Waals surface area contributed by atoms with E-state index in [1.165, 1.54) is 3.97 Å². The molecule has 7 nitrogen and oxygen atoms in total. The predicted molar refractivity (Wildman–Crippen MR) is 129 cm³/mol. The fourth-order valence-electron chi connectivity index (χ4n) is 3.43. The highest BCUT2D eigenvalue weighted by Gasteiger charge is 2.22. The Morgan fingerprint density at radius 1 is 1.03 bits per heavy atom. The maximum atomic E-state index is 13.4. The molecule has 0 atom stereocenters. The molecule has 2 heterocycles. The summed E-state index contributed by atoms with van der Waals surface area (Å²) < 4.78 is 28.2. The first-order chi connectivity index (χ1) is 15.0. The lowest BCUT2D eigenvalue weighted by Gasteiger charge is -2.19. The molecule has 0 unspecified atom stereocenters. The van der Waals surface area contributed by atoms with Gasteiger partial charge in [0.15, 0.2) is 0 Å². The lowest BCUT2D eigenvalue weighted by molar-refractivity contribution is 0.442. The largest absolute Gasteiger partial charge is 0.369 e. The average Bonchev–Trinajstić information content (AvgIpc) is 3.12. The summed E-state index contributed by atoms with van der Waals surface area (Å²) in [4.78, 5) is 8.91. The molecule has 4 rings (SSSR count). The van der Waals surface area contributed by atoms with Gasteiger partial charge in [0.25, 0.3) is 10.0 Å². The smallest absolute Gasteiger partial charge is 0.268 e. The minimum atomic E-state index is -3.79. The summed E-state index contributed by atoms with van der Waals surface area (Å²) in [5.74, 6) is 0.720. The van der Waals surface area contributed by atoms with Crippen molar-refractivity contribution in [2.75, 3.05) is 17.6 Å². The summed E-state index contributed by atoms with van der Waals surface area (Å²) in [6.45, 7) is 8.98. The van der Waals surface area contributed by atoms with Crippen molar-refractivity contribution in [1.82, 2.24) is 13.9 Å². The van der Waals surface area contributed by atoms with Crippen LogP contribution in [0.1, 0.15) is 26.3 Å². The highest BCUT2D eigenvalue weighted by atomic mass is 32.2. The van der Waals surface area contributed by atoms with Crippen LogP contribution in [0, 0.1) is 12.3 Å². The minimum absolute atomic E-state index is 0.0536. The van der Waals surface area contributed by atoms with E-state index in [0.29, 0.717) is 29.1 Å². The predicted octanol–water partition coefficient (Wildman–Crippen LogP) is 4.68. The number of aryl methyl sites for hydroxylation is 1. The SMILES string of the molecule is Cc1ccc(S(=O)(=O)n2cc(-c3cc(NCC(C)(C)C)nc(N)n3)c3ccccc32)cc1. The molecule has 166 valence electrons. The van der Waals surface area contributed by atoms with E-state index in [9.17, 15) is 8.42 Å². The van der Waals surface area contributed by atoms with Gasteiger partial charge in [-0.1, -0.05) is 56.7 Å². The van der Waals surface area contributed by atoms with Gasteiger partial charge in [0.05, 0.1) is 16.1 Å². The van der Waals surface area contributed by atoms with Gasteiger partial charge in [-0.25, -0.2) is 17.4 Å². The van der Waals surface area contributed by atoms with Gasteiger partial charge in [-0.3, -0.25) is 0 Å². The number of nitrogens with two attached hydrogens (primary N) is 1. The zero-order valence-corrected chi connectivity index (χ0v) is 19.4. The molecule has 8 heteroatoms. The van der Waals surface area contributed by atoms with E-state index in [-0.39, 0.29) is 16.3 Å². The Kier molecular flexibility index (Phi) is 5.42. The Hall–Kier alpha value is -3.39. The Morgan fingerprint density at radius 2 is 1.72 bits per heavy atom. The molecule has 32 heavy (non-hydrogen) atoms. The molecular formula is C24H27N5O2S. The molecular weight excluding hydrogens is 422 g/mol. The Bertz CT molecular complexity index is 1380. The summed E-state index contributed by atoms with van der Waals surface area (Å²) in [6.07, 6.45) is 1.61. The van der Waals surface area contributed by atoms with Crippen LogP contribution in [0.25, 0.3) is 22.2 Å². The number of nitrogens with zero attached hydrogens (tertiary/aromatic N) is 3. The third kappa shape index (κ3) is 4.31. The van der Waals surface area contributed by atoms with Gasteiger partial charge in [-0.15, -0.1) is 0 Å². The Morgan fingerprint density at radius 3 is 2.41 bits per heavy atom. The molecule has 0 radical (unpaired) electrons. The highest BCUT2D eigenvalue weighted by molar-refractivity contribution is 7.90. The van der Waals surface area contributed by atoms with Gasteiger partial charge in [-0.05, 0) is 30.5 Å². The fourth-order valence-corrected chi connectivity index (χ4v) is 4.80. The summed E-state index contributed by atoms with van der Waals surface area (Å²) in [5, 5.41) is 4.06. The molecule has 0 amide bonds. The average molecular weight is 450 g/mol. The van der Waals surface area contributed by atoms with E-state index in [1.807, 2.05) is 25.1 Å². The number of fused-ring (bicyclic) bond motifs is 1. The molecule has 0 aliphatic rings. The fraction of sp³-hybridized carbons (Fsp3) is 0.250. The quantitative estimate of drug-likeness (QED) is 0.458. The van der Waals surface area contributed by atoms with Crippen molar-refractivity contribution in [2.24, 2.45) is 5.41 Å². The molecule has 0 aliphatic carbocycles. The summed E-state index contributed by atoms with van der Waals surface area (Å²) in [6, 6.07) is 16.0. The molecule has 0 saturated heterocycles. The second-order valence-electron chi connectivity index (χ2n) is 9.08. The molecule has 0 bridgehead atoms. The van der Waals surface area contributed by atoms with Crippen LogP contribution in [0.3, 0.4) is 0 Å². The van der Waals surface area contributed by atoms with E-state index in [4.69, 9.17) is 5.73 Å². The summed E-state index contributed by atoms with van der Waals surface area (Å²) >= 11 is 0.